The van der Waals surface area contributed by atoms with Crippen LogP contribution >= 0.6 is 11.8 Å². The number of rotatable bonds is 8. The maximum absolute atomic E-state index is 13.0. The number of nitrogens with zero attached hydrogens (tertiary/aromatic N) is 3. The van der Waals surface area contributed by atoms with Crippen LogP contribution in [-0.4, -0.2) is 39.8 Å². The molecule has 2 fully saturated rings. The van der Waals surface area contributed by atoms with E-state index in [0.29, 0.717) is 23.1 Å². The second kappa shape index (κ2) is 9.82. The summed E-state index contributed by atoms with van der Waals surface area (Å²) in [4.78, 5) is 37.6. The van der Waals surface area contributed by atoms with Crippen LogP contribution in [-0.2, 0) is 13.0 Å². The molecule has 0 spiro atoms. The van der Waals surface area contributed by atoms with Crippen LogP contribution in [0.2, 0.25) is 0 Å². The molecule has 3 heterocycles. The fraction of sp³-hybridized carbons (Fsp3) is 0.379. The van der Waals surface area contributed by atoms with Crippen molar-refractivity contribution in [1.29, 1.82) is 0 Å². The minimum absolute atomic E-state index is 0.130. The third kappa shape index (κ3) is 5.07. The van der Waals surface area contributed by atoms with Crippen molar-refractivity contribution in [3.63, 3.8) is 0 Å². The number of carboxylic acids is 1. The van der Waals surface area contributed by atoms with E-state index in [1.54, 1.807) is 18.2 Å². The number of hydrogen-bond donors (Lipinski definition) is 2. The van der Waals surface area contributed by atoms with E-state index >= 15 is 0 Å². The van der Waals surface area contributed by atoms with Crippen molar-refractivity contribution in [2.75, 3.05) is 17.7 Å². The molecule has 6 rings (SSSR count). The van der Waals surface area contributed by atoms with E-state index in [1.807, 2.05) is 18.4 Å². The summed E-state index contributed by atoms with van der Waals surface area (Å²) in [5.41, 5.74) is 6.74. The molecule has 3 aliphatic rings. The normalized spacial score (nSPS) is 16.8. The van der Waals surface area contributed by atoms with Gasteiger partial charge in [0.15, 0.2) is 0 Å². The molecule has 0 unspecified atom stereocenters. The Bertz CT molecular complexity index is 1350. The standard InChI is InChI=1S/C29H30N4O3S/c1-37-21-9-8-19(22(15-21)29(35)36)16-30-28(34)24-10-11-27-23(31-24)3-2-12-33(27)20-13-25(17-4-5-17)32-26(14-20)18-6-7-18/h8-11,13-15,17-18H,2-7,12,16H2,1H3,(H,30,34)(H,35,36). The molecule has 2 aliphatic carbocycles. The molecule has 0 bridgehead atoms. The molecule has 2 saturated carbocycles. The number of amides is 1. The Morgan fingerprint density at radius 2 is 1.76 bits per heavy atom. The molecule has 3 aromatic rings. The first-order valence-corrected chi connectivity index (χ1v) is 14.2. The molecule has 37 heavy (non-hydrogen) atoms. The van der Waals surface area contributed by atoms with Crippen LogP contribution in [0.15, 0.2) is 47.4 Å². The highest BCUT2D eigenvalue weighted by Gasteiger charge is 2.31. The molecule has 1 aliphatic heterocycles. The summed E-state index contributed by atoms with van der Waals surface area (Å²) in [7, 11) is 0. The Kier molecular flexibility index (Phi) is 6.36. The summed E-state index contributed by atoms with van der Waals surface area (Å²) in [6.07, 6.45) is 8.61. The van der Waals surface area contributed by atoms with Crippen LogP contribution in [0.5, 0.6) is 0 Å². The van der Waals surface area contributed by atoms with Crippen molar-refractivity contribution in [2.45, 2.75) is 61.8 Å². The molecule has 8 heteroatoms. The molecular formula is C29H30N4O3S. The average molecular weight is 515 g/mol. The zero-order valence-corrected chi connectivity index (χ0v) is 21.7. The Morgan fingerprint density at radius 1 is 1.03 bits per heavy atom. The van der Waals surface area contributed by atoms with Crippen molar-refractivity contribution in [3.05, 3.63) is 76.4 Å². The average Bonchev–Trinajstić information content (AvgIpc) is 3.84. The van der Waals surface area contributed by atoms with Crippen molar-refractivity contribution < 1.29 is 14.7 Å². The Morgan fingerprint density at radius 3 is 2.41 bits per heavy atom. The maximum Gasteiger partial charge on any atom is 0.336 e. The predicted molar refractivity (Wildman–Crippen MR) is 144 cm³/mol. The Balaban J connectivity index is 1.22. The van der Waals surface area contributed by atoms with Crippen LogP contribution in [0.4, 0.5) is 11.4 Å². The highest BCUT2D eigenvalue weighted by molar-refractivity contribution is 7.98. The van der Waals surface area contributed by atoms with Crippen LogP contribution in [0.1, 0.15) is 87.4 Å². The second-order valence-electron chi connectivity index (χ2n) is 10.2. The monoisotopic (exact) mass is 514 g/mol. The SMILES string of the molecule is CSc1ccc(CNC(=O)c2ccc3c(n2)CCCN3c2cc(C3CC3)nc(C3CC3)c2)c(C(=O)O)c1. The molecule has 0 atom stereocenters. The first-order chi connectivity index (χ1) is 18.0. The van der Waals surface area contributed by atoms with Gasteiger partial charge < -0.3 is 15.3 Å². The number of carbonyl (C=O) groups excluding carboxylic acids is 1. The fourth-order valence-corrected chi connectivity index (χ4v) is 5.48. The van der Waals surface area contributed by atoms with Gasteiger partial charge in [0.1, 0.15) is 5.69 Å². The number of pyridine rings is 2. The molecule has 2 N–H and O–H groups in total. The number of anilines is 2. The number of aromatic carboxylic acids is 1. The number of aryl methyl sites for hydroxylation is 1. The minimum atomic E-state index is -1.00. The Hall–Kier alpha value is -3.39. The molecule has 1 aromatic carbocycles. The Labute approximate surface area is 220 Å². The number of aromatic nitrogens is 2. The highest BCUT2D eigenvalue weighted by Crippen LogP contribution is 2.45. The second-order valence-corrected chi connectivity index (χ2v) is 11.0. The van der Waals surface area contributed by atoms with Crippen molar-refractivity contribution in [2.24, 2.45) is 0 Å². The summed E-state index contributed by atoms with van der Waals surface area (Å²) >= 11 is 1.48. The number of carbonyl (C=O) groups is 2. The van der Waals surface area contributed by atoms with Gasteiger partial charge in [-0.3, -0.25) is 9.78 Å². The minimum Gasteiger partial charge on any atom is -0.478 e. The van der Waals surface area contributed by atoms with E-state index in [9.17, 15) is 14.7 Å². The first-order valence-electron chi connectivity index (χ1n) is 13.0. The van der Waals surface area contributed by atoms with E-state index in [4.69, 9.17) is 9.97 Å². The van der Waals surface area contributed by atoms with E-state index < -0.39 is 5.97 Å². The number of fused-ring (bicyclic) bond motifs is 1. The molecule has 0 saturated heterocycles. The summed E-state index contributed by atoms with van der Waals surface area (Å²) in [6.45, 7) is 1.05. The number of thioether (sulfide) groups is 1. The van der Waals surface area contributed by atoms with Crippen LogP contribution in [0, 0.1) is 0 Å². The lowest BCUT2D eigenvalue weighted by Crippen LogP contribution is -2.28. The summed E-state index contributed by atoms with van der Waals surface area (Å²) in [5, 5.41) is 12.4. The predicted octanol–water partition coefficient (Wildman–Crippen LogP) is 5.67. The van der Waals surface area contributed by atoms with Gasteiger partial charge in [0.2, 0.25) is 0 Å². The van der Waals surface area contributed by atoms with Crippen LogP contribution in [0.25, 0.3) is 0 Å². The lowest BCUT2D eigenvalue weighted by Gasteiger charge is -2.31. The summed E-state index contributed by atoms with van der Waals surface area (Å²) < 4.78 is 0. The van der Waals surface area contributed by atoms with Gasteiger partial charge in [-0.2, -0.15) is 0 Å². The van der Waals surface area contributed by atoms with Crippen molar-refractivity contribution in [3.8, 4) is 0 Å². The van der Waals surface area contributed by atoms with Gasteiger partial charge in [-0.25, -0.2) is 9.78 Å². The van der Waals surface area contributed by atoms with Crippen LogP contribution in [0.3, 0.4) is 0 Å². The lowest BCUT2D eigenvalue weighted by atomic mass is 10.0. The zero-order valence-electron chi connectivity index (χ0n) is 20.9. The summed E-state index contributed by atoms with van der Waals surface area (Å²) in [5.74, 6) is -0.104. The highest BCUT2D eigenvalue weighted by atomic mass is 32.2. The van der Waals surface area contributed by atoms with Gasteiger partial charge in [-0.05, 0) is 86.7 Å². The van der Waals surface area contributed by atoms with Crippen molar-refractivity contribution >= 4 is 35.0 Å². The van der Waals surface area contributed by atoms with E-state index in [0.717, 1.165) is 35.7 Å². The number of nitrogens with one attached hydrogen (secondary N) is 1. The third-order valence-electron chi connectivity index (χ3n) is 7.41. The lowest BCUT2D eigenvalue weighted by molar-refractivity contribution is 0.0694. The molecule has 2 aromatic heterocycles. The van der Waals surface area contributed by atoms with Gasteiger partial charge in [0.25, 0.3) is 5.91 Å². The number of carboxylic acid groups (broad SMARTS) is 1. The van der Waals surface area contributed by atoms with Gasteiger partial charge in [0.05, 0.1) is 16.9 Å². The maximum atomic E-state index is 13.0. The smallest absolute Gasteiger partial charge is 0.336 e. The van der Waals surface area contributed by atoms with Gasteiger partial charge >= 0.3 is 5.97 Å². The quantitative estimate of drug-likeness (QED) is 0.374. The largest absolute Gasteiger partial charge is 0.478 e. The van der Waals surface area contributed by atoms with Gasteiger partial charge in [-0.15, -0.1) is 11.8 Å². The van der Waals surface area contributed by atoms with E-state index in [2.05, 4.69) is 22.3 Å². The van der Waals surface area contributed by atoms with E-state index in [1.165, 1.54) is 54.5 Å². The zero-order chi connectivity index (χ0) is 25.5. The molecular weight excluding hydrogens is 484 g/mol. The van der Waals surface area contributed by atoms with E-state index in [-0.39, 0.29) is 18.0 Å². The molecule has 1 amide bonds. The van der Waals surface area contributed by atoms with Gasteiger partial charge in [-0.1, -0.05) is 6.07 Å². The molecule has 190 valence electrons. The number of benzene rings is 1. The van der Waals surface area contributed by atoms with Crippen molar-refractivity contribution in [1.82, 2.24) is 15.3 Å². The first kappa shape index (κ1) is 24.0. The third-order valence-corrected chi connectivity index (χ3v) is 8.13. The summed E-state index contributed by atoms with van der Waals surface area (Å²) in [6, 6.07) is 13.5. The fourth-order valence-electron chi connectivity index (χ4n) is 5.04. The van der Waals surface area contributed by atoms with Crippen LogP contribution < -0.4 is 10.2 Å². The topological polar surface area (TPSA) is 95.4 Å². The molecule has 0 radical (unpaired) electrons. The molecule has 7 nitrogen and oxygen atoms in total. The van der Waals surface area contributed by atoms with Gasteiger partial charge in [0, 0.05) is 46.9 Å². The number of hydrogen-bond acceptors (Lipinski definition) is 6.